The largest absolute Gasteiger partial charge is 0.420 e. The second-order valence-electron chi connectivity index (χ2n) is 4.74. The molecule has 1 N–H and O–H groups in total. The van der Waals surface area contributed by atoms with Crippen molar-refractivity contribution in [3.63, 3.8) is 0 Å². The summed E-state index contributed by atoms with van der Waals surface area (Å²) in [6, 6.07) is 3.80. The Balaban J connectivity index is 2.36. The van der Waals surface area contributed by atoms with Gasteiger partial charge in [0.1, 0.15) is 6.54 Å². The first-order valence-electron chi connectivity index (χ1n) is 6.49. The van der Waals surface area contributed by atoms with E-state index >= 15 is 0 Å². The number of rotatable bonds is 5. The number of amides is 1. The van der Waals surface area contributed by atoms with Crippen molar-refractivity contribution in [3.8, 4) is 0 Å². The highest BCUT2D eigenvalue weighted by Gasteiger charge is 2.16. The molecule has 2 aromatic rings. The molecule has 8 heteroatoms. The Hall–Kier alpha value is -2.64. The van der Waals surface area contributed by atoms with Crippen LogP contribution in [0.5, 0.6) is 0 Å². The molecule has 8 nitrogen and oxygen atoms in total. The third kappa shape index (κ3) is 3.10. The summed E-state index contributed by atoms with van der Waals surface area (Å²) in [5.74, 6) is -1.06. The van der Waals surface area contributed by atoms with Crippen LogP contribution in [-0.4, -0.2) is 21.4 Å². The van der Waals surface area contributed by atoms with Gasteiger partial charge in [0.25, 0.3) is 5.69 Å². The monoisotopic (exact) mass is 293 g/mol. The zero-order chi connectivity index (χ0) is 15.6. The molecule has 0 radical (unpaired) electrons. The summed E-state index contributed by atoms with van der Waals surface area (Å²) in [5, 5.41) is 13.5. The lowest BCUT2D eigenvalue weighted by molar-refractivity contribution is -0.384. The number of non-ortho nitro benzene ring substituents is 1. The van der Waals surface area contributed by atoms with E-state index < -0.39 is 10.7 Å². The number of nitro groups is 1. The summed E-state index contributed by atoms with van der Waals surface area (Å²) < 4.78 is 6.05. The SMILES string of the molecule is CC[C@H](C)NC(=O)Cn1c(=O)oc2ccc([N+](=O)[O-])cc21. The van der Waals surface area contributed by atoms with Crippen LogP contribution in [0.25, 0.3) is 11.1 Å². The molecule has 1 atom stereocenters. The van der Waals surface area contributed by atoms with Crippen molar-refractivity contribution in [1.82, 2.24) is 9.88 Å². The molecular weight excluding hydrogens is 278 g/mol. The Kier molecular flexibility index (Phi) is 4.06. The fourth-order valence-corrected chi connectivity index (χ4v) is 1.88. The van der Waals surface area contributed by atoms with Crippen molar-refractivity contribution in [2.75, 3.05) is 0 Å². The van der Waals surface area contributed by atoms with Crippen LogP contribution in [0.4, 0.5) is 5.69 Å². The highest BCUT2D eigenvalue weighted by Crippen LogP contribution is 2.19. The highest BCUT2D eigenvalue weighted by molar-refractivity contribution is 5.80. The maximum absolute atomic E-state index is 11.8. The Morgan fingerprint density at radius 2 is 2.24 bits per heavy atom. The molecule has 0 unspecified atom stereocenters. The molecule has 1 heterocycles. The molecule has 0 spiro atoms. The predicted octanol–water partition coefficient (Wildman–Crippen LogP) is 1.42. The average Bonchev–Trinajstić information content (AvgIpc) is 2.74. The van der Waals surface area contributed by atoms with Crippen molar-refractivity contribution < 1.29 is 14.1 Å². The Morgan fingerprint density at radius 3 is 2.86 bits per heavy atom. The lowest BCUT2D eigenvalue weighted by Crippen LogP contribution is -2.36. The van der Waals surface area contributed by atoms with Crippen LogP contribution >= 0.6 is 0 Å². The molecule has 0 bridgehead atoms. The quantitative estimate of drug-likeness (QED) is 0.662. The summed E-state index contributed by atoms with van der Waals surface area (Å²) in [6.07, 6.45) is 0.762. The fraction of sp³-hybridized carbons (Fsp3) is 0.385. The summed E-state index contributed by atoms with van der Waals surface area (Å²) in [6.45, 7) is 3.53. The smallest absolute Gasteiger partial charge is 0.408 e. The summed E-state index contributed by atoms with van der Waals surface area (Å²) in [7, 11) is 0. The van der Waals surface area contributed by atoms with Gasteiger partial charge in [0.15, 0.2) is 5.58 Å². The van der Waals surface area contributed by atoms with Crippen LogP contribution in [0, 0.1) is 10.1 Å². The molecule has 0 saturated heterocycles. The lowest BCUT2D eigenvalue weighted by atomic mass is 10.2. The standard InChI is InChI=1S/C13H15N3O5/c1-3-8(2)14-12(17)7-15-10-6-9(16(19)20)4-5-11(10)21-13(15)18/h4-6,8H,3,7H2,1-2H3,(H,14,17)/t8-/m0/s1. The highest BCUT2D eigenvalue weighted by atomic mass is 16.6. The minimum atomic E-state index is -0.718. The molecular formula is C13H15N3O5. The van der Waals surface area contributed by atoms with Gasteiger partial charge >= 0.3 is 5.76 Å². The van der Waals surface area contributed by atoms with Gasteiger partial charge in [-0.05, 0) is 19.4 Å². The number of hydrogen-bond acceptors (Lipinski definition) is 5. The van der Waals surface area contributed by atoms with E-state index in [9.17, 15) is 19.7 Å². The number of hydrogen-bond donors (Lipinski definition) is 1. The summed E-state index contributed by atoms with van der Waals surface area (Å²) >= 11 is 0. The van der Waals surface area contributed by atoms with Crippen molar-refractivity contribution in [1.29, 1.82) is 0 Å². The first-order chi connectivity index (χ1) is 9.92. The molecule has 112 valence electrons. The summed E-state index contributed by atoms with van der Waals surface area (Å²) in [5.41, 5.74) is 0.273. The van der Waals surface area contributed by atoms with Gasteiger partial charge in [-0.3, -0.25) is 19.5 Å². The van der Waals surface area contributed by atoms with E-state index in [0.717, 1.165) is 11.0 Å². The van der Waals surface area contributed by atoms with Gasteiger partial charge in [-0.25, -0.2) is 4.79 Å². The van der Waals surface area contributed by atoms with Gasteiger partial charge in [0.2, 0.25) is 5.91 Å². The van der Waals surface area contributed by atoms with E-state index in [1.165, 1.54) is 18.2 Å². The average molecular weight is 293 g/mol. The predicted molar refractivity (Wildman–Crippen MR) is 75.0 cm³/mol. The maximum atomic E-state index is 11.8. The van der Waals surface area contributed by atoms with Gasteiger partial charge in [-0.1, -0.05) is 6.92 Å². The molecule has 2 rings (SSSR count). The second-order valence-corrected chi connectivity index (χ2v) is 4.74. The third-order valence-corrected chi connectivity index (χ3v) is 3.18. The number of nitrogens with one attached hydrogen (secondary N) is 1. The van der Waals surface area contributed by atoms with Crippen LogP contribution < -0.4 is 11.1 Å². The van der Waals surface area contributed by atoms with Crippen LogP contribution in [0.1, 0.15) is 20.3 Å². The molecule has 1 aromatic carbocycles. The maximum Gasteiger partial charge on any atom is 0.420 e. The van der Waals surface area contributed by atoms with E-state index in [0.29, 0.717) is 0 Å². The van der Waals surface area contributed by atoms with Crippen molar-refractivity contribution >= 4 is 22.7 Å². The van der Waals surface area contributed by atoms with E-state index in [2.05, 4.69) is 5.32 Å². The number of nitrogens with zero attached hydrogens (tertiary/aromatic N) is 2. The second kappa shape index (κ2) is 5.78. The third-order valence-electron chi connectivity index (χ3n) is 3.18. The first kappa shape index (κ1) is 14.8. The Bertz CT molecular complexity index is 746. The molecule has 0 aliphatic rings. The van der Waals surface area contributed by atoms with Crippen molar-refractivity contribution in [2.45, 2.75) is 32.9 Å². The van der Waals surface area contributed by atoms with E-state index in [-0.39, 0.29) is 35.3 Å². The first-order valence-corrected chi connectivity index (χ1v) is 6.49. The molecule has 0 aliphatic carbocycles. The van der Waals surface area contributed by atoms with E-state index in [1.54, 1.807) is 0 Å². The molecule has 21 heavy (non-hydrogen) atoms. The topological polar surface area (TPSA) is 107 Å². The number of fused-ring (bicyclic) bond motifs is 1. The molecule has 0 saturated carbocycles. The van der Waals surface area contributed by atoms with E-state index in [1.807, 2.05) is 13.8 Å². The minimum absolute atomic E-state index is 0.0132. The van der Waals surface area contributed by atoms with E-state index in [4.69, 9.17) is 4.42 Å². The van der Waals surface area contributed by atoms with Gasteiger partial charge < -0.3 is 9.73 Å². The van der Waals surface area contributed by atoms with Crippen LogP contribution in [0.15, 0.2) is 27.4 Å². The molecule has 0 aliphatic heterocycles. The lowest BCUT2D eigenvalue weighted by Gasteiger charge is -2.11. The van der Waals surface area contributed by atoms with Crippen LogP contribution in [0.3, 0.4) is 0 Å². The van der Waals surface area contributed by atoms with Gasteiger partial charge in [-0.2, -0.15) is 0 Å². The fourth-order valence-electron chi connectivity index (χ4n) is 1.88. The summed E-state index contributed by atoms with van der Waals surface area (Å²) in [4.78, 5) is 33.8. The Morgan fingerprint density at radius 1 is 1.52 bits per heavy atom. The zero-order valence-corrected chi connectivity index (χ0v) is 11.7. The van der Waals surface area contributed by atoms with Crippen molar-refractivity contribution in [2.24, 2.45) is 0 Å². The Labute approximate surface area is 119 Å². The number of carbonyl (C=O) groups excluding carboxylic acids is 1. The number of aromatic nitrogens is 1. The number of oxazole rings is 1. The normalized spacial score (nSPS) is 12.3. The van der Waals surface area contributed by atoms with Crippen molar-refractivity contribution in [3.05, 3.63) is 38.9 Å². The van der Waals surface area contributed by atoms with Crippen LogP contribution in [0.2, 0.25) is 0 Å². The minimum Gasteiger partial charge on any atom is -0.408 e. The van der Waals surface area contributed by atoms with Crippen LogP contribution in [-0.2, 0) is 11.3 Å². The molecule has 0 fully saturated rings. The van der Waals surface area contributed by atoms with Gasteiger partial charge in [-0.15, -0.1) is 0 Å². The molecule has 1 amide bonds. The van der Waals surface area contributed by atoms with Gasteiger partial charge in [0.05, 0.1) is 10.4 Å². The number of carbonyl (C=O) groups is 1. The molecule has 1 aromatic heterocycles. The number of nitro benzene ring substituents is 1. The number of benzene rings is 1. The van der Waals surface area contributed by atoms with Gasteiger partial charge in [0, 0.05) is 18.2 Å². The zero-order valence-electron chi connectivity index (χ0n) is 11.7.